The van der Waals surface area contributed by atoms with Crippen LogP contribution >= 0.6 is 0 Å². The lowest BCUT2D eigenvalue weighted by atomic mass is 10.1. The number of anilines is 1. The topological polar surface area (TPSA) is 32.3 Å². The smallest absolute Gasteiger partial charge is 0.0602 e. The molecule has 14 heavy (non-hydrogen) atoms. The lowest BCUT2D eigenvalue weighted by Crippen LogP contribution is -1.87. The molecule has 0 saturated heterocycles. The molecule has 2 rings (SSSR count). The van der Waals surface area contributed by atoms with Crippen molar-refractivity contribution < 1.29 is 5.21 Å². The number of hydrogen-bond acceptors (Lipinski definition) is 2. The first kappa shape index (κ1) is 8.78. The molecule has 0 bridgehead atoms. The fourth-order valence-corrected chi connectivity index (χ4v) is 1.37. The molecule has 2 aromatic carbocycles. The van der Waals surface area contributed by atoms with Gasteiger partial charge in [0.1, 0.15) is 0 Å². The number of rotatable bonds is 2. The average Bonchev–Trinajstić information content (AvgIpc) is 2.30. The van der Waals surface area contributed by atoms with Crippen molar-refractivity contribution in [3.8, 4) is 11.1 Å². The molecule has 0 spiro atoms. The van der Waals surface area contributed by atoms with Gasteiger partial charge in [0.15, 0.2) is 0 Å². The van der Waals surface area contributed by atoms with Gasteiger partial charge in [-0.3, -0.25) is 10.7 Å². The molecule has 2 nitrogen and oxygen atoms in total. The molecule has 0 atom stereocenters. The van der Waals surface area contributed by atoms with E-state index in [0.29, 0.717) is 5.69 Å². The van der Waals surface area contributed by atoms with E-state index in [1.165, 1.54) is 5.56 Å². The Labute approximate surface area is 82.8 Å². The highest BCUT2D eigenvalue weighted by Gasteiger charge is 1.95. The Bertz CT molecular complexity index is 394. The second kappa shape index (κ2) is 3.94. The zero-order valence-corrected chi connectivity index (χ0v) is 7.64. The van der Waals surface area contributed by atoms with Gasteiger partial charge in [0.2, 0.25) is 0 Å². The Morgan fingerprint density at radius 1 is 0.714 bits per heavy atom. The van der Waals surface area contributed by atoms with E-state index in [0.717, 1.165) is 5.56 Å². The van der Waals surface area contributed by atoms with Crippen LogP contribution in [-0.2, 0) is 0 Å². The molecule has 0 unspecified atom stereocenters. The summed E-state index contributed by atoms with van der Waals surface area (Å²) < 4.78 is 0. The zero-order valence-electron chi connectivity index (χ0n) is 7.64. The van der Waals surface area contributed by atoms with Crippen LogP contribution in [0.4, 0.5) is 5.69 Å². The van der Waals surface area contributed by atoms with Crippen LogP contribution in [0.15, 0.2) is 54.6 Å². The molecule has 0 fully saturated rings. The minimum atomic E-state index is 0.699. The average molecular weight is 185 g/mol. The molecular weight excluding hydrogens is 174 g/mol. The van der Waals surface area contributed by atoms with Gasteiger partial charge in [0.25, 0.3) is 0 Å². The lowest BCUT2D eigenvalue weighted by Gasteiger charge is -2.02. The van der Waals surface area contributed by atoms with Gasteiger partial charge in [-0.15, -0.1) is 0 Å². The summed E-state index contributed by atoms with van der Waals surface area (Å²) in [5.74, 6) is 0. The number of nitrogens with one attached hydrogen (secondary N) is 1. The summed E-state index contributed by atoms with van der Waals surface area (Å²) in [6.45, 7) is 0. The van der Waals surface area contributed by atoms with Crippen LogP contribution in [0.2, 0.25) is 0 Å². The molecular formula is C12H11NO. The van der Waals surface area contributed by atoms with Gasteiger partial charge in [0.05, 0.1) is 5.69 Å². The second-order valence-electron chi connectivity index (χ2n) is 3.06. The SMILES string of the molecule is ONc1ccc(-c2ccccc2)cc1. The Kier molecular flexibility index (Phi) is 2.47. The van der Waals surface area contributed by atoms with Gasteiger partial charge in [-0.05, 0) is 23.3 Å². The van der Waals surface area contributed by atoms with Gasteiger partial charge >= 0.3 is 0 Å². The first-order chi connectivity index (χ1) is 6.90. The predicted octanol–water partition coefficient (Wildman–Crippen LogP) is 3.15. The molecule has 0 radical (unpaired) electrons. The summed E-state index contributed by atoms with van der Waals surface area (Å²) in [7, 11) is 0. The third kappa shape index (κ3) is 1.75. The molecule has 0 saturated carbocycles. The normalized spacial score (nSPS) is 9.79. The van der Waals surface area contributed by atoms with E-state index in [4.69, 9.17) is 5.21 Å². The summed E-state index contributed by atoms with van der Waals surface area (Å²) in [6.07, 6.45) is 0. The highest BCUT2D eigenvalue weighted by molar-refractivity contribution is 5.65. The maximum Gasteiger partial charge on any atom is 0.0602 e. The van der Waals surface area contributed by atoms with E-state index in [9.17, 15) is 0 Å². The lowest BCUT2D eigenvalue weighted by molar-refractivity contribution is 0.389. The molecule has 0 aliphatic rings. The molecule has 0 aliphatic heterocycles. The Hall–Kier alpha value is -1.80. The van der Waals surface area contributed by atoms with E-state index in [2.05, 4.69) is 17.6 Å². The standard InChI is InChI=1S/C12H11NO/c14-13-12-8-6-11(7-9-12)10-4-2-1-3-5-10/h1-9,13-14H. The van der Waals surface area contributed by atoms with E-state index in [-0.39, 0.29) is 0 Å². The fraction of sp³-hybridized carbons (Fsp3) is 0. The minimum Gasteiger partial charge on any atom is -0.291 e. The van der Waals surface area contributed by atoms with Crippen LogP contribution in [0.3, 0.4) is 0 Å². The third-order valence-corrected chi connectivity index (χ3v) is 2.12. The van der Waals surface area contributed by atoms with E-state index in [1.54, 1.807) is 0 Å². The highest BCUT2D eigenvalue weighted by Crippen LogP contribution is 2.20. The van der Waals surface area contributed by atoms with Gasteiger partial charge in [0, 0.05) is 0 Å². The van der Waals surface area contributed by atoms with Gasteiger partial charge in [-0.25, -0.2) is 0 Å². The molecule has 2 N–H and O–H groups in total. The van der Waals surface area contributed by atoms with Gasteiger partial charge < -0.3 is 0 Å². The molecule has 70 valence electrons. The summed E-state index contributed by atoms with van der Waals surface area (Å²) in [6, 6.07) is 17.7. The highest BCUT2D eigenvalue weighted by atomic mass is 16.5. The van der Waals surface area contributed by atoms with Crippen molar-refractivity contribution in [3.63, 3.8) is 0 Å². The molecule has 2 aromatic rings. The van der Waals surface area contributed by atoms with Crippen LogP contribution in [-0.4, -0.2) is 5.21 Å². The Morgan fingerprint density at radius 2 is 1.29 bits per heavy atom. The van der Waals surface area contributed by atoms with Gasteiger partial charge in [-0.2, -0.15) is 0 Å². The predicted molar refractivity (Wildman–Crippen MR) is 57.3 cm³/mol. The zero-order chi connectivity index (χ0) is 9.80. The van der Waals surface area contributed by atoms with E-state index >= 15 is 0 Å². The molecule has 0 aromatic heterocycles. The van der Waals surface area contributed by atoms with Crippen LogP contribution in [0.25, 0.3) is 11.1 Å². The van der Waals surface area contributed by atoms with Crippen LogP contribution < -0.4 is 5.48 Å². The van der Waals surface area contributed by atoms with Crippen molar-refractivity contribution in [1.82, 2.24) is 0 Å². The maximum absolute atomic E-state index is 8.65. The summed E-state index contributed by atoms with van der Waals surface area (Å²) in [5.41, 5.74) is 5.13. The fourth-order valence-electron chi connectivity index (χ4n) is 1.37. The van der Waals surface area contributed by atoms with E-state index < -0.39 is 0 Å². The minimum absolute atomic E-state index is 0.699. The Balaban J connectivity index is 2.34. The van der Waals surface area contributed by atoms with E-state index in [1.807, 2.05) is 42.5 Å². The molecule has 0 aliphatic carbocycles. The first-order valence-electron chi connectivity index (χ1n) is 4.46. The molecule has 2 heteroatoms. The largest absolute Gasteiger partial charge is 0.291 e. The summed E-state index contributed by atoms with van der Waals surface area (Å²) in [4.78, 5) is 0. The maximum atomic E-state index is 8.65. The van der Waals surface area contributed by atoms with Crippen molar-refractivity contribution in [2.45, 2.75) is 0 Å². The van der Waals surface area contributed by atoms with Crippen LogP contribution in [0.1, 0.15) is 0 Å². The summed E-state index contributed by atoms with van der Waals surface area (Å²) in [5, 5.41) is 8.65. The molecule has 0 amide bonds. The second-order valence-corrected chi connectivity index (χ2v) is 3.06. The third-order valence-electron chi connectivity index (χ3n) is 2.12. The number of benzene rings is 2. The van der Waals surface area contributed by atoms with Crippen LogP contribution in [0.5, 0.6) is 0 Å². The van der Waals surface area contributed by atoms with Crippen LogP contribution in [0, 0.1) is 0 Å². The Morgan fingerprint density at radius 3 is 1.86 bits per heavy atom. The van der Waals surface area contributed by atoms with Gasteiger partial charge in [-0.1, -0.05) is 42.5 Å². The van der Waals surface area contributed by atoms with Crippen molar-refractivity contribution in [3.05, 3.63) is 54.6 Å². The van der Waals surface area contributed by atoms with Crippen molar-refractivity contribution in [2.24, 2.45) is 0 Å². The van der Waals surface area contributed by atoms with Crippen molar-refractivity contribution in [1.29, 1.82) is 0 Å². The number of hydrogen-bond donors (Lipinski definition) is 2. The van der Waals surface area contributed by atoms with Crippen molar-refractivity contribution in [2.75, 3.05) is 5.48 Å². The quantitative estimate of drug-likeness (QED) is 0.704. The molecule has 0 heterocycles. The van der Waals surface area contributed by atoms with Crippen molar-refractivity contribution >= 4 is 5.69 Å². The monoisotopic (exact) mass is 185 g/mol. The summed E-state index contributed by atoms with van der Waals surface area (Å²) >= 11 is 0. The first-order valence-corrected chi connectivity index (χ1v) is 4.46.